The number of aryl methyl sites for hydroxylation is 3. The zero-order chi connectivity index (χ0) is 27.5. The summed E-state index contributed by atoms with van der Waals surface area (Å²) in [4.78, 5) is 5.94. The highest BCUT2D eigenvalue weighted by molar-refractivity contribution is 6.35. The first-order valence-corrected chi connectivity index (χ1v) is 14.5. The summed E-state index contributed by atoms with van der Waals surface area (Å²) in [6, 6.07) is 19.1. The van der Waals surface area contributed by atoms with E-state index < -0.39 is 0 Å². The van der Waals surface area contributed by atoms with Crippen LogP contribution in [0.1, 0.15) is 61.2 Å². The van der Waals surface area contributed by atoms with E-state index in [1.165, 1.54) is 50.1 Å². The molecule has 1 N–H and O–H groups in total. The highest BCUT2D eigenvalue weighted by atomic mass is 35.5. The van der Waals surface area contributed by atoms with Gasteiger partial charge in [0.15, 0.2) is 0 Å². The van der Waals surface area contributed by atoms with Crippen LogP contribution in [0, 0.1) is 6.92 Å². The fraction of sp³-hybridized carbons (Fsp3) is 0.303. The first-order chi connectivity index (χ1) is 18.7. The number of para-hydroxylation sites is 1. The molecule has 0 saturated heterocycles. The van der Waals surface area contributed by atoms with Crippen molar-refractivity contribution in [1.29, 1.82) is 0 Å². The Morgan fingerprint density at radius 2 is 1.69 bits per heavy atom. The van der Waals surface area contributed by atoms with Crippen molar-refractivity contribution in [3.63, 3.8) is 0 Å². The Labute approximate surface area is 240 Å². The van der Waals surface area contributed by atoms with Crippen LogP contribution in [-0.4, -0.2) is 19.7 Å². The summed E-state index contributed by atoms with van der Waals surface area (Å²) in [7, 11) is 0. The Morgan fingerprint density at radius 1 is 0.949 bits per heavy atom. The third-order valence-corrected chi connectivity index (χ3v) is 9.03. The molecule has 0 fully saturated rings. The van der Waals surface area contributed by atoms with E-state index in [1.807, 2.05) is 24.4 Å². The Bertz CT molecular complexity index is 1690. The molecule has 0 radical (unpaired) electrons. The molecule has 0 atom stereocenters. The summed E-state index contributed by atoms with van der Waals surface area (Å²) >= 11 is 12.8. The van der Waals surface area contributed by atoms with Gasteiger partial charge in [-0.25, -0.2) is 4.68 Å². The molecule has 39 heavy (non-hydrogen) atoms. The number of H-pyrrole nitrogens is 1. The van der Waals surface area contributed by atoms with E-state index in [0.29, 0.717) is 10.0 Å². The van der Waals surface area contributed by atoms with Gasteiger partial charge < -0.3 is 4.98 Å². The van der Waals surface area contributed by atoms with Crippen molar-refractivity contribution >= 4 is 34.1 Å². The quantitative estimate of drug-likeness (QED) is 0.226. The second-order valence-corrected chi connectivity index (χ2v) is 11.9. The molecular formula is C33H34Cl2N4. The molecule has 0 amide bonds. The lowest BCUT2D eigenvalue weighted by Crippen LogP contribution is -2.36. The van der Waals surface area contributed by atoms with Gasteiger partial charge in [0.2, 0.25) is 0 Å². The van der Waals surface area contributed by atoms with E-state index in [-0.39, 0.29) is 5.54 Å². The lowest BCUT2D eigenvalue weighted by Gasteiger charge is -2.32. The van der Waals surface area contributed by atoms with Crippen molar-refractivity contribution in [2.75, 3.05) is 0 Å². The SMILES string of the molecule is CCc1cccc(CC)c1-n1nc2c(c1-c1ccc(C)c3[nH]ccc13)CN(Cc1ccc(Cl)cc1Cl)C2(C)C. The number of rotatable bonds is 6. The molecule has 0 bridgehead atoms. The van der Waals surface area contributed by atoms with Crippen LogP contribution in [0.3, 0.4) is 0 Å². The van der Waals surface area contributed by atoms with Crippen molar-refractivity contribution in [3.8, 4) is 16.9 Å². The minimum Gasteiger partial charge on any atom is -0.361 e. The average molecular weight is 558 g/mol. The Hall–Kier alpha value is -3.05. The molecule has 6 heteroatoms. The molecule has 0 aliphatic carbocycles. The van der Waals surface area contributed by atoms with Gasteiger partial charge in [-0.2, -0.15) is 5.10 Å². The molecule has 6 rings (SSSR count). The molecule has 1 aliphatic rings. The second-order valence-electron chi connectivity index (χ2n) is 11.1. The molecule has 3 aromatic carbocycles. The van der Waals surface area contributed by atoms with Gasteiger partial charge in [0.05, 0.1) is 22.6 Å². The summed E-state index contributed by atoms with van der Waals surface area (Å²) in [5.41, 5.74) is 11.9. The number of nitrogens with zero attached hydrogens (tertiary/aromatic N) is 3. The standard InChI is InChI=1S/C33H34Cl2N4/c1-6-21-9-8-10-22(7-2)30(21)39-31(26-14-11-20(3)29-25(26)15-16-36-29)27-19-38(33(4,5)32(27)37-39)18-23-12-13-24(34)17-28(23)35/h8-17,36H,6-7,18-19H2,1-5H3. The van der Waals surface area contributed by atoms with Crippen molar-refractivity contribution in [1.82, 2.24) is 19.7 Å². The second kappa shape index (κ2) is 9.85. The zero-order valence-electron chi connectivity index (χ0n) is 23.2. The summed E-state index contributed by atoms with van der Waals surface area (Å²) in [6.07, 6.45) is 3.94. The number of fused-ring (bicyclic) bond motifs is 2. The van der Waals surface area contributed by atoms with Crippen molar-refractivity contribution < 1.29 is 0 Å². The zero-order valence-corrected chi connectivity index (χ0v) is 24.7. The number of aromatic amines is 1. The maximum Gasteiger partial charge on any atom is 0.0878 e. The van der Waals surface area contributed by atoms with Gasteiger partial charge in [0.1, 0.15) is 0 Å². The van der Waals surface area contributed by atoms with Crippen molar-refractivity contribution in [2.45, 2.75) is 66.1 Å². The van der Waals surface area contributed by atoms with Gasteiger partial charge in [0, 0.05) is 51.4 Å². The maximum absolute atomic E-state index is 6.62. The number of hydrogen-bond donors (Lipinski definition) is 1. The Balaban J connectivity index is 1.59. The molecule has 2 aromatic heterocycles. The predicted octanol–water partition coefficient (Wildman–Crippen LogP) is 9.01. The number of nitrogens with one attached hydrogen (secondary N) is 1. The monoisotopic (exact) mass is 556 g/mol. The minimum atomic E-state index is -0.284. The van der Waals surface area contributed by atoms with Gasteiger partial charge in [-0.3, -0.25) is 4.90 Å². The van der Waals surface area contributed by atoms with Crippen molar-refractivity contribution in [3.05, 3.63) is 104 Å². The molecule has 0 spiro atoms. The molecule has 0 unspecified atom stereocenters. The van der Waals surface area contributed by atoms with Crippen LogP contribution in [0.4, 0.5) is 0 Å². The van der Waals surface area contributed by atoms with Gasteiger partial charge in [0.25, 0.3) is 0 Å². The van der Waals surface area contributed by atoms with Crippen LogP contribution in [0.25, 0.3) is 27.8 Å². The highest BCUT2D eigenvalue weighted by Gasteiger charge is 2.43. The van der Waals surface area contributed by atoms with E-state index in [0.717, 1.165) is 37.2 Å². The lowest BCUT2D eigenvalue weighted by molar-refractivity contribution is 0.123. The molecular weight excluding hydrogens is 523 g/mol. The van der Waals surface area contributed by atoms with Gasteiger partial charge in [-0.1, -0.05) is 73.4 Å². The molecule has 1 aliphatic heterocycles. The number of hydrogen-bond acceptors (Lipinski definition) is 2. The number of halogens is 2. The summed E-state index contributed by atoms with van der Waals surface area (Å²) < 4.78 is 2.26. The molecule has 4 nitrogen and oxygen atoms in total. The van der Waals surface area contributed by atoms with Crippen LogP contribution in [0.5, 0.6) is 0 Å². The first-order valence-electron chi connectivity index (χ1n) is 13.7. The van der Waals surface area contributed by atoms with Gasteiger partial charge >= 0.3 is 0 Å². The van der Waals surface area contributed by atoms with E-state index in [1.54, 1.807) is 0 Å². The lowest BCUT2D eigenvalue weighted by atomic mass is 9.96. The fourth-order valence-corrected chi connectivity index (χ4v) is 6.64. The maximum atomic E-state index is 6.62. The smallest absolute Gasteiger partial charge is 0.0878 e. The minimum absolute atomic E-state index is 0.284. The van der Waals surface area contributed by atoms with Crippen LogP contribution >= 0.6 is 23.2 Å². The normalized spacial score (nSPS) is 14.8. The van der Waals surface area contributed by atoms with Crippen molar-refractivity contribution in [2.24, 2.45) is 0 Å². The van der Waals surface area contributed by atoms with Crippen LogP contribution in [0.15, 0.2) is 60.8 Å². The summed E-state index contributed by atoms with van der Waals surface area (Å²) in [6.45, 7) is 12.7. The van der Waals surface area contributed by atoms with Crippen LogP contribution < -0.4 is 0 Å². The van der Waals surface area contributed by atoms with E-state index in [4.69, 9.17) is 28.3 Å². The average Bonchev–Trinajstić information content (AvgIpc) is 3.61. The largest absolute Gasteiger partial charge is 0.361 e. The first kappa shape index (κ1) is 26.2. The predicted molar refractivity (Wildman–Crippen MR) is 163 cm³/mol. The number of benzene rings is 3. The highest BCUT2D eigenvalue weighted by Crippen LogP contribution is 2.46. The van der Waals surface area contributed by atoms with E-state index in [9.17, 15) is 0 Å². The molecule has 3 heterocycles. The van der Waals surface area contributed by atoms with E-state index >= 15 is 0 Å². The topological polar surface area (TPSA) is 36.9 Å². The van der Waals surface area contributed by atoms with Crippen LogP contribution in [0.2, 0.25) is 10.0 Å². The Kier molecular flexibility index (Phi) is 6.61. The van der Waals surface area contributed by atoms with E-state index in [2.05, 4.69) is 85.6 Å². The summed E-state index contributed by atoms with van der Waals surface area (Å²) in [5.74, 6) is 0. The molecule has 200 valence electrons. The van der Waals surface area contributed by atoms with Gasteiger partial charge in [-0.15, -0.1) is 0 Å². The fourth-order valence-electron chi connectivity index (χ4n) is 6.17. The summed E-state index contributed by atoms with van der Waals surface area (Å²) in [5, 5.41) is 8.04. The third kappa shape index (κ3) is 4.21. The number of aromatic nitrogens is 3. The Morgan fingerprint density at radius 3 is 2.38 bits per heavy atom. The third-order valence-electron chi connectivity index (χ3n) is 8.44. The molecule has 5 aromatic rings. The molecule has 0 saturated carbocycles. The van der Waals surface area contributed by atoms with Gasteiger partial charge in [-0.05, 0) is 74.1 Å². The van der Waals surface area contributed by atoms with Crippen LogP contribution in [-0.2, 0) is 31.5 Å².